The molecule has 0 aromatic carbocycles. The molecule has 5 nitrogen and oxygen atoms in total. The summed E-state index contributed by atoms with van der Waals surface area (Å²) in [6.07, 6.45) is 1.71. The minimum absolute atomic E-state index is 0.0331. The largest absolute Gasteiger partial charge is 0.481 e. The van der Waals surface area contributed by atoms with Crippen LogP contribution in [-0.2, 0) is 4.79 Å². The zero-order valence-electron chi connectivity index (χ0n) is 9.99. The number of fused-ring (bicyclic) bond motifs is 1. The highest BCUT2D eigenvalue weighted by Gasteiger charge is 2.15. The molecule has 0 unspecified atom stereocenters. The Balaban J connectivity index is 2.16. The quantitative estimate of drug-likeness (QED) is 0.713. The Kier molecular flexibility index (Phi) is 3.77. The van der Waals surface area contributed by atoms with Gasteiger partial charge in [-0.2, -0.15) is 11.3 Å². The maximum Gasteiger partial charge on any atom is 0.313 e. The van der Waals surface area contributed by atoms with Gasteiger partial charge in [0.1, 0.15) is 5.52 Å². The number of pyridine rings is 1. The van der Waals surface area contributed by atoms with Gasteiger partial charge in [0, 0.05) is 16.0 Å². The highest BCUT2D eigenvalue weighted by Crippen LogP contribution is 2.29. The Hall–Kier alpha value is -1.38. The maximum atomic E-state index is 10.8. The van der Waals surface area contributed by atoms with Crippen LogP contribution >= 0.6 is 39.0 Å². The first-order valence-corrected chi connectivity index (χ1v) is 8.28. The molecule has 3 heterocycles. The SMILES string of the molecule is O=C(O)CSc1nc2cc(Br)cnc2n1-c1ccsc1. The summed E-state index contributed by atoms with van der Waals surface area (Å²) in [4.78, 5) is 19.6. The molecule has 3 aromatic heterocycles. The number of halogens is 1. The van der Waals surface area contributed by atoms with Crippen molar-refractivity contribution in [3.05, 3.63) is 33.6 Å². The summed E-state index contributed by atoms with van der Waals surface area (Å²) < 4.78 is 2.72. The van der Waals surface area contributed by atoms with Crippen molar-refractivity contribution in [3.8, 4) is 5.69 Å². The minimum Gasteiger partial charge on any atom is -0.481 e. The number of hydrogen-bond donors (Lipinski definition) is 1. The van der Waals surface area contributed by atoms with Gasteiger partial charge in [-0.1, -0.05) is 11.8 Å². The van der Waals surface area contributed by atoms with Gasteiger partial charge in [0.05, 0.1) is 11.4 Å². The molecule has 0 aliphatic heterocycles. The number of imidazole rings is 1. The second kappa shape index (κ2) is 5.55. The van der Waals surface area contributed by atoms with E-state index in [0.717, 1.165) is 21.3 Å². The van der Waals surface area contributed by atoms with Crippen LogP contribution in [0.1, 0.15) is 0 Å². The number of thiophene rings is 1. The molecule has 0 aliphatic rings. The Labute approximate surface area is 130 Å². The molecule has 0 amide bonds. The third kappa shape index (κ3) is 2.58. The minimum atomic E-state index is -0.868. The number of aromatic nitrogens is 3. The molecular formula is C12H8BrN3O2S2. The Morgan fingerprint density at radius 1 is 1.55 bits per heavy atom. The van der Waals surface area contributed by atoms with E-state index in [1.165, 1.54) is 11.8 Å². The molecule has 0 aliphatic carbocycles. The lowest BCUT2D eigenvalue weighted by Crippen LogP contribution is -2.01. The number of nitrogens with zero attached hydrogens (tertiary/aromatic N) is 3. The highest BCUT2D eigenvalue weighted by atomic mass is 79.9. The van der Waals surface area contributed by atoms with E-state index in [0.29, 0.717) is 5.16 Å². The van der Waals surface area contributed by atoms with E-state index < -0.39 is 5.97 Å². The van der Waals surface area contributed by atoms with Crippen LogP contribution in [0.2, 0.25) is 0 Å². The monoisotopic (exact) mass is 369 g/mol. The van der Waals surface area contributed by atoms with Crippen molar-refractivity contribution in [2.45, 2.75) is 5.16 Å². The van der Waals surface area contributed by atoms with Crippen LogP contribution in [-0.4, -0.2) is 31.4 Å². The molecule has 0 saturated heterocycles. The lowest BCUT2D eigenvalue weighted by Gasteiger charge is -2.04. The average Bonchev–Trinajstić information content (AvgIpc) is 3.01. The number of carboxylic acids is 1. The number of hydrogen-bond acceptors (Lipinski definition) is 5. The van der Waals surface area contributed by atoms with Crippen LogP contribution in [0.5, 0.6) is 0 Å². The second-order valence-corrected chi connectivity index (χ2v) is 6.53. The molecule has 8 heteroatoms. The predicted octanol–water partition coefficient (Wildman–Crippen LogP) is 3.42. The smallest absolute Gasteiger partial charge is 0.313 e. The second-order valence-electron chi connectivity index (χ2n) is 3.89. The van der Waals surface area contributed by atoms with Crippen molar-refractivity contribution in [1.82, 2.24) is 14.5 Å². The van der Waals surface area contributed by atoms with Gasteiger partial charge < -0.3 is 5.11 Å². The van der Waals surface area contributed by atoms with Crippen LogP contribution in [0, 0.1) is 0 Å². The van der Waals surface area contributed by atoms with Crippen LogP contribution in [0.4, 0.5) is 0 Å². The lowest BCUT2D eigenvalue weighted by molar-refractivity contribution is -0.133. The zero-order chi connectivity index (χ0) is 14.1. The number of rotatable bonds is 4. The van der Waals surface area contributed by atoms with Gasteiger partial charge in [-0.05, 0) is 33.4 Å². The Morgan fingerprint density at radius 2 is 2.40 bits per heavy atom. The average molecular weight is 370 g/mol. The summed E-state index contributed by atoms with van der Waals surface area (Å²) in [5, 5.41) is 13.4. The summed E-state index contributed by atoms with van der Waals surface area (Å²) in [6, 6.07) is 3.83. The van der Waals surface area contributed by atoms with E-state index in [2.05, 4.69) is 25.9 Å². The first-order valence-electron chi connectivity index (χ1n) is 5.56. The lowest BCUT2D eigenvalue weighted by atomic mass is 10.4. The maximum absolute atomic E-state index is 10.8. The van der Waals surface area contributed by atoms with Crippen LogP contribution in [0.15, 0.2) is 38.7 Å². The van der Waals surface area contributed by atoms with Gasteiger partial charge >= 0.3 is 5.97 Å². The van der Waals surface area contributed by atoms with Gasteiger partial charge in [-0.3, -0.25) is 9.36 Å². The summed E-state index contributed by atoms with van der Waals surface area (Å²) in [7, 11) is 0. The summed E-state index contributed by atoms with van der Waals surface area (Å²) in [5.41, 5.74) is 2.40. The molecule has 0 saturated carbocycles. The highest BCUT2D eigenvalue weighted by molar-refractivity contribution is 9.10. The first-order chi connectivity index (χ1) is 9.65. The molecule has 0 atom stereocenters. The van der Waals surface area contributed by atoms with Crippen LogP contribution < -0.4 is 0 Å². The summed E-state index contributed by atoms with van der Waals surface area (Å²) in [5.74, 6) is -0.901. The standard InChI is InChI=1S/C12H8BrN3O2S2/c13-7-3-9-11(14-4-7)16(8-1-2-19-5-8)12(15-9)20-6-10(17)18/h1-5H,6H2,(H,17,18). The fourth-order valence-electron chi connectivity index (χ4n) is 1.76. The van der Waals surface area contributed by atoms with Crippen LogP contribution in [0.3, 0.4) is 0 Å². The van der Waals surface area contributed by atoms with E-state index >= 15 is 0 Å². The number of carbonyl (C=O) groups is 1. The summed E-state index contributed by atoms with van der Waals surface area (Å²) in [6.45, 7) is 0. The normalized spacial score (nSPS) is 11.1. The van der Waals surface area contributed by atoms with E-state index in [1.54, 1.807) is 17.5 Å². The Bertz CT molecular complexity index is 770. The van der Waals surface area contributed by atoms with E-state index in [1.807, 2.05) is 27.5 Å². The fourth-order valence-corrected chi connectivity index (χ4v) is 3.44. The molecule has 0 fully saturated rings. The Morgan fingerprint density at radius 3 is 3.10 bits per heavy atom. The van der Waals surface area contributed by atoms with Gasteiger partial charge in [-0.15, -0.1) is 0 Å². The molecule has 3 rings (SSSR count). The van der Waals surface area contributed by atoms with Gasteiger partial charge in [-0.25, -0.2) is 9.97 Å². The molecule has 0 bridgehead atoms. The molecule has 3 aromatic rings. The molecule has 20 heavy (non-hydrogen) atoms. The third-order valence-electron chi connectivity index (χ3n) is 2.52. The van der Waals surface area contributed by atoms with Crippen molar-refractivity contribution < 1.29 is 9.90 Å². The van der Waals surface area contributed by atoms with Crippen molar-refractivity contribution in [3.63, 3.8) is 0 Å². The van der Waals surface area contributed by atoms with Crippen molar-refractivity contribution in [2.75, 3.05) is 5.75 Å². The zero-order valence-corrected chi connectivity index (χ0v) is 13.2. The molecule has 102 valence electrons. The van der Waals surface area contributed by atoms with Crippen LogP contribution in [0.25, 0.3) is 16.9 Å². The van der Waals surface area contributed by atoms with Gasteiger partial charge in [0.15, 0.2) is 10.8 Å². The van der Waals surface area contributed by atoms with Gasteiger partial charge in [0.25, 0.3) is 0 Å². The summed E-state index contributed by atoms with van der Waals surface area (Å²) >= 11 is 6.12. The van der Waals surface area contributed by atoms with E-state index in [4.69, 9.17) is 5.11 Å². The number of aliphatic carboxylic acids is 1. The topological polar surface area (TPSA) is 68.0 Å². The van der Waals surface area contributed by atoms with E-state index in [-0.39, 0.29) is 5.75 Å². The fraction of sp³-hybridized carbons (Fsp3) is 0.0833. The molecular weight excluding hydrogens is 362 g/mol. The number of carboxylic acid groups (broad SMARTS) is 1. The molecule has 1 N–H and O–H groups in total. The van der Waals surface area contributed by atoms with Crippen molar-refractivity contribution in [2.24, 2.45) is 0 Å². The van der Waals surface area contributed by atoms with Gasteiger partial charge in [0.2, 0.25) is 0 Å². The van der Waals surface area contributed by atoms with Crippen molar-refractivity contribution in [1.29, 1.82) is 0 Å². The molecule has 0 spiro atoms. The van der Waals surface area contributed by atoms with E-state index in [9.17, 15) is 4.79 Å². The van der Waals surface area contributed by atoms with Crippen molar-refractivity contribution >= 4 is 56.2 Å². The first kappa shape index (κ1) is 13.6. The predicted molar refractivity (Wildman–Crippen MR) is 82.8 cm³/mol. The molecule has 0 radical (unpaired) electrons. The number of thioether (sulfide) groups is 1. The third-order valence-corrected chi connectivity index (χ3v) is 4.55.